The Balaban J connectivity index is 1.77. The van der Waals surface area contributed by atoms with E-state index in [0.29, 0.717) is 5.56 Å². The summed E-state index contributed by atoms with van der Waals surface area (Å²) in [6.45, 7) is 0. The first kappa shape index (κ1) is 16.2. The number of Topliss-reactive ketones (excluding diaryl/α,β-unsaturated/α-hetero) is 1. The minimum atomic E-state index is -0.754. The summed E-state index contributed by atoms with van der Waals surface area (Å²) in [7, 11) is 0. The zero-order chi connectivity index (χ0) is 17.3. The molecule has 2 atom stereocenters. The molecule has 9 heteroatoms. The second-order valence-electron chi connectivity index (χ2n) is 5.57. The van der Waals surface area contributed by atoms with Crippen molar-refractivity contribution in [3.8, 4) is 19.5 Å². The zero-order valence-corrected chi connectivity index (χ0v) is 17.8. The lowest BCUT2D eigenvalue weighted by atomic mass is 10.1. The number of hydrogen-bond donors (Lipinski definition) is 1. The SMILES string of the molecule is O=C1N[C@@H]2c3c(-c4ccc(Br)s4)sc(-c4ccc(Br)s4)c3C(=O)[C@@H]2O1. The zero-order valence-electron chi connectivity index (χ0n) is 12.2. The van der Waals surface area contributed by atoms with Crippen molar-refractivity contribution in [1.29, 1.82) is 0 Å². The lowest BCUT2D eigenvalue weighted by Gasteiger charge is -2.07. The lowest BCUT2D eigenvalue weighted by molar-refractivity contribution is 0.0753. The van der Waals surface area contributed by atoms with Gasteiger partial charge in [0, 0.05) is 20.9 Å². The number of nitrogens with one attached hydrogen (secondary N) is 1. The largest absolute Gasteiger partial charge is 0.435 e. The summed E-state index contributed by atoms with van der Waals surface area (Å²) in [5, 5.41) is 2.80. The summed E-state index contributed by atoms with van der Waals surface area (Å²) in [5.74, 6) is -0.115. The summed E-state index contributed by atoms with van der Waals surface area (Å²) in [6.07, 6.45) is -1.28. The molecule has 0 saturated carbocycles. The second-order valence-corrected chi connectivity index (χ2v) is 11.5. The molecule has 1 saturated heterocycles. The highest BCUT2D eigenvalue weighted by Gasteiger charge is 2.51. The fourth-order valence-corrected chi connectivity index (χ4v) is 7.57. The molecule has 4 nitrogen and oxygen atoms in total. The number of alkyl carbamates (subject to hydrolysis) is 1. The van der Waals surface area contributed by atoms with Crippen LogP contribution in [0, 0.1) is 0 Å². The summed E-state index contributed by atoms with van der Waals surface area (Å²) in [5.41, 5.74) is 1.58. The predicted octanol–water partition coefficient (Wildman–Crippen LogP) is 6.08. The Bertz CT molecular complexity index is 1050. The first-order valence-electron chi connectivity index (χ1n) is 7.22. The van der Waals surface area contributed by atoms with Crippen molar-refractivity contribution in [2.24, 2.45) is 0 Å². The molecule has 0 bridgehead atoms. The maximum absolute atomic E-state index is 13.0. The van der Waals surface area contributed by atoms with Crippen molar-refractivity contribution < 1.29 is 14.3 Å². The second kappa shape index (κ2) is 5.75. The molecule has 5 rings (SSSR count). The number of rotatable bonds is 2. The molecule has 126 valence electrons. The van der Waals surface area contributed by atoms with Crippen LogP contribution in [0.5, 0.6) is 0 Å². The number of ether oxygens (including phenoxy) is 1. The van der Waals surface area contributed by atoms with Crippen LogP contribution in [0.4, 0.5) is 4.79 Å². The smallest absolute Gasteiger partial charge is 0.408 e. The fraction of sp³-hybridized carbons (Fsp3) is 0.125. The molecule has 1 amide bonds. The van der Waals surface area contributed by atoms with Gasteiger partial charge < -0.3 is 10.1 Å². The van der Waals surface area contributed by atoms with Gasteiger partial charge in [0.2, 0.25) is 5.78 Å². The van der Waals surface area contributed by atoms with Crippen molar-refractivity contribution in [3.63, 3.8) is 0 Å². The number of carbonyl (C=O) groups excluding carboxylic acids is 2. The maximum atomic E-state index is 13.0. The Labute approximate surface area is 171 Å². The van der Waals surface area contributed by atoms with Gasteiger partial charge in [-0.15, -0.1) is 34.0 Å². The number of halogens is 2. The van der Waals surface area contributed by atoms with Gasteiger partial charge in [0.05, 0.1) is 17.3 Å². The Morgan fingerprint density at radius 1 is 0.920 bits per heavy atom. The van der Waals surface area contributed by atoms with Crippen LogP contribution in [0.25, 0.3) is 19.5 Å². The molecule has 1 aliphatic heterocycles. The van der Waals surface area contributed by atoms with Crippen LogP contribution in [-0.4, -0.2) is 18.0 Å². The lowest BCUT2D eigenvalue weighted by Crippen LogP contribution is -2.21. The van der Waals surface area contributed by atoms with Crippen LogP contribution < -0.4 is 5.32 Å². The highest BCUT2D eigenvalue weighted by Crippen LogP contribution is 2.54. The molecule has 0 aromatic carbocycles. The van der Waals surface area contributed by atoms with E-state index in [4.69, 9.17) is 4.74 Å². The standard InChI is InChI=1S/C16H7Br2NO3S3/c17-7-3-1-5(23-7)14-9-10(12(20)13-11(9)19-16(21)22-13)15(25-14)6-2-4-8(18)24-6/h1-4,11,13H,(H,19,21)/t11-,13-/m1/s1. The van der Waals surface area contributed by atoms with Crippen molar-refractivity contribution in [2.45, 2.75) is 12.1 Å². The van der Waals surface area contributed by atoms with E-state index in [-0.39, 0.29) is 5.78 Å². The van der Waals surface area contributed by atoms with Gasteiger partial charge in [-0.05, 0) is 56.1 Å². The van der Waals surface area contributed by atoms with Gasteiger partial charge in [-0.25, -0.2) is 4.79 Å². The molecule has 1 fully saturated rings. The van der Waals surface area contributed by atoms with Gasteiger partial charge in [-0.1, -0.05) is 0 Å². The first-order chi connectivity index (χ1) is 12.0. The molecule has 0 radical (unpaired) electrons. The highest BCUT2D eigenvalue weighted by atomic mass is 79.9. The average Bonchev–Trinajstić information content (AvgIpc) is 3.32. The molecule has 0 unspecified atom stereocenters. The minimum Gasteiger partial charge on any atom is -0.435 e. The number of carbonyl (C=O) groups is 2. The molecular weight excluding hydrogens is 510 g/mol. The van der Waals surface area contributed by atoms with Crippen molar-refractivity contribution >= 4 is 77.7 Å². The molecule has 1 aliphatic carbocycles. The van der Waals surface area contributed by atoms with Gasteiger partial charge in [0.15, 0.2) is 6.10 Å². The minimum absolute atomic E-state index is 0.115. The van der Waals surface area contributed by atoms with Crippen LogP contribution in [0.15, 0.2) is 31.8 Å². The summed E-state index contributed by atoms with van der Waals surface area (Å²) >= 11 is 11.8. The number of thiophene rings is 3. The van der Waals surface area contributed by atoms with Crippen LogP contribution in [0.2, 0.25) is 0 Å². The number of fused-ring (bicyclic) bond motifs is 3. The maximum Gasteiger partial charge on any atom is 0.408 e. The Hall–Kier alpha value is -1.00. The van der Waals surface area contributed by atoms with Crippen molar-refractivity contribution in [3.05, 3.63) is 43.0 Å². The number of hydrogen-bond acceptors (Lipinski definition) is 6. The predicted molar refractivity (Wildman–Crippen MR) is 107 cm³/mol. The Kier molecular flexibility index (Phi) is 3.72. The third-order valence-electron chi connectivity index (χ3n) is 4.17. The summed E-state index contributed by atoms with van der Waals surface area (Å²) in [4.78, 5) is 28.7. The average molecular weight is 517 g/mol. The molecule has 25 heavy (non-hydrogen) atoms. The topological polar surface area (TPSA) is 55.4 Å². The quantitative estimate of drug-likeness (QED) is 0.449. The summed E-state index contributed by atoms with van der Waals surface area (Å²) < 4.78 is 7.26. The van der Waals surface area contributed by atoms with Gasteiger partial charge in [0.25, 0.3) is 0 Å². The van der Waals surface area contributed by atoms with Crippen LogP contribution in [-0.2, 0) is 4.74 Å². The van der Waals surface area contributed by atoms with E-state index in [1.807, 2.05) is 24.3 Å². The normalized spacial score (nSPS) is 21.2. The van der Waals surface area contributed by atoms with E-state index >= 15 is 0 Å². The van der Waals surface area contributed by atoms with Gasteiger partial charge in [-0.2, -0.15) is 0 Å². The number of ketones is 1. The van der Waals surface area contributed by atoms with E-state index in [9.17, 15) is 9.59 Å². The van der Waals surface area contributed by atoms with E-state index in [2.05, 4.69) is 37.2 Å². The van der Waals surface area contributed by atoms with Gasteiger partial charge >= 0.3 is 6.09 Å². The third kappa shape index (κ3) is 2.40. The van der Waals surface area contributed by atoms with E-state index in [0.717, 1.165) is 32.6 Å². The molecule has 3 aromatic rings. The molecule has 4 heterocycles. The Morgan fingerprint density at radius 3 is 2.16 bits per heavy atom. The monoisotopic (exact) mass is 515 g/mol. The molecular formula is C16H7Br2NO3S3. The fourth-order valence-electron chi connectivity index (χ4n) is 3.21. The van der Waals surface area contributed by atoms with Crippen LogP contribution >= 0.6 is 65.9 Å². The van der Waals surface area contributed by atoms with Crippen molar-refractivity contribution in [1.82, 2.24) is 5.32 Å². The molecule has 2 aliphatic rings. The van der Waals surface area contributed by atoms with Crippen LogP contribution in [0.1, 0.15) is 22.0 Å². The number of amides is 1. The van der Waals surface area contributed by atoms with Gasteiger partial charge in [-0.3, -0.25) is 4.79 Å². The highest BCUT2D eigenvalue weighted by molar-refractivity contribution is 9.11. The molecule has 3 aromatic heterocycles. The van der Waals surface area contributed by atoms with Gasteiger partial charge in [0.1, 0.15) is 6.04 Å². The Morgan fingerprint density at radius 2 is 1.56 bits per heavy atom. The molecule has 0 spiro atoms. The summed E-state index contributed by atoms with van der Waals surface area (Å²) in [6, 6.07) is 7.61. The van der Waals surface area contributed by atoms with Crippen LogP contribution in [0.3, 0.4) is 0 Å². The van der Waals surface area contributed by atoms with E-state index < -0.39 is 18.2 Å². The van der Waals surface area contributed by atoms with E-state index in [1.54, 1.807) is 34.0 Å². The third-order valence-corrected chi connectivity index (χ3v) is 8.98. The van der Waals surface area contributed by atoms with Crippen molar-refractivity contribution in [2.75, 3.05) is 0 Å². The molecule has 1 N–H and O–H groups in total. The first-order valence-corrected chi connectivity index (χ1v) is 11.3. The van der Waals surface area contributed by atoms with E-state index in [1.165, 1.54) is 0 Å².